The van der Waals surface area contributed by atoms with Gasteiger partial charge in [-0.25, -0.2) is 9.59 Å². The van der Waals surface area contributed by atoms with E-state index >= 15 is 0 Å². The molecule has 0 aliphatic carbocycles. The number of amides is 4. The van der Waals surface area contributed by atoms with Gasteiger partial charge in [0.1, 0.15) is 11.2 Å². The van der Waals surface area contributed by atoms with Crippen LogP contribution in [0.1, 0.15) is 145 Å². The van der Waals surface area contributed by atoms with Gasteiger partial charge >= 0.3 is 31.2 Å². The fraction of sp³-hybridized carbons (Fsp3) is 0.516. The summed E-state index contributed by atoms with van der Waals surface area (Å²) in [4.78, 5) is 70.0. The number of nitrogens with one attached hydrogen (secondary N) is 2. The van der Waals surface area contributed by atoms with Crippen LogP contribution in [0.25, 0.3) is 11.1 Å². The molecule has 0 spiro atoms. The van der Waals surface area contributed by atoms with Crippen molar-refractivity contribution in [3.05, 3.63) is 124 Å². The van der Waals surface area contributed by atoms with Crippen LogP contribution in [0.15, 0.2) is 102 Å². The van der Waals surface area contributed by atoms with E-state index in [9.17, 15) is 28.8 Å². The zero-order chi connectivity index (χ0) is 61.4. The number of halogens is 1. The van der Waals surface area contributed by atoms with E-state index in [2.05, 4.69) is 26.6 Å². The lowest BCUT2D eigenvalue weighted by Gasteiger charge is -2.32. The first kappa shape index (κ1) is 70.0. The molecule has 20 heteroatoms. The Balaban J connectivity index is 0.000000337. The van der Waals surface area contributed by atoms with Gasteiger partial charge in [-0.2, -0.15) is 0 Å². The highest BCUT2D eigenvalue weighted by Gasteiger charge is 2.51. The third kappa shape index (κ3) is 26.7. The van der Waals surface area contributed by atoms with Gasteiger partial charge in [-0.3, -0.25) is 19.2 Å². The number of alkyl carbamates (subject to hydrolysis) is 2. The largest absolute Gasteiger partial charge is 0.494 e. The predicted octanol–water partition coefficient (Wildman–Crippen LogP) is 10.1. The molecule has 4 aromatic rings. The van der Waals surface area contributed by atoms with Crippen LogP contribution in [-0.2, 0) is 83.0 Å². The van der Waals surface area contributed by atoms with Gasteiger partial charge in [0.05, 0.1) is 74.8 Å². The first-order valence-corrected chi connectivity index (χ1v) is 28.5. The summed E-state index contributed by atoms with van der Waals surface area (Å²) in [6.07, 6.45) is -0.284. The van der Waals surface area contributed by atoms with E-state index in [0.29, 0.717) is 39.3 Å². The Bertz CT molecular complexity index is 2660. The highest BCUT2D eigenvalue weighted by Crippen LogP contribution is 2.36. The number of rotatable bonds is 24. The lowest BCUT2D eigenvalue weighted by atomic mass is 9.78. The SMILES string of the molecule is CCOC(=O)Cc1cccc(-c2ccc(CO[C@H](C)[C@H](CCC(N)=O)NC(=O)OC(C)(C)C)cc2)c1.CCOC(=O)Cc1cccc(B2OC(C)(C)C(C)(C)O2)c1.C[C@@H](OCc1ccc(Br)cc1)[C@H](CCC(N)=O)NC(=O)OC(C)(C)C. The normalized spacial score (nSPS) is 14.9. The number of benzene rings is 4. The Morgan fingerprint density at radius 3 is 1.38 bits per heavy atom. The number of carbonyl (C=O) groups excluding carboxylic acids is 6. The minimum absolute atomic E-state index is 0.123. The molecule has 4 aromatic carbocycles. The average molecular weight is 1200 g/mol. The van der Waals surface area contributed by atoms with Gasteiger partial charge in [0.25, 0.3) is 0 Å². The average Bonchev–Trinajstić information content (AvgIpc) is 3.88. The number of carbonyl (C=O) groups is 6. The molecule has 0 unspecified atom stereocenters. The lowest BCUT2D eigenvalue weighted by Crippen LogP contribution is -2.45. The summed E-state index contributed by atoms with van der Waals surface area (Å²) in [5.74, 6) is -1.33. The topological polar surface area (TPSA) is 252 Å². The smallest absolute Gasteiger partial charge is 0.466 e. The van der Waals surface area contributed by atoms with Crippen LogP contribution in [0.4, 0.5) is 9.59 Å². The Hall–Kier alpha value is -6.32. The van der Waals surface area contributed by atoms with Gasteiger partial charge in [0.15, 0.2) is 0 Å². The van der Waals surface area contributed by atoms with Crippen molar-refractivity contribution < 1.29 is 66.5 Å². The van der Waals surface area contributed by atoms with Gasteiger partial charge in [0.2, 0.25) is 11.8 Å². The van der Waals surface area contributed by atoms with Crippen LogP contribution in [0.3, 0.4) is 0 Å². The van der Waals surface area contributed by atoms with Crippen LogP contribution >= 0.6 is 15.9 Å². The Kier molecular flexibility index (Phi) is 28.2. The van der Waals surface area contributed by atoms with Crippen LogP contribution < -0.4 is 27.6 Å². The standard InChI is InChI=1S/C28H38N2O6.C18H27BrN2O4.C16H23BO4/c1-6-34-26(32)17-21-8-7-9-23(16-21)22-12-10-20(11-13-22)18-35-19(2)24(14-15-25(29)31)30-27(33)36-28(3,4)5;1-12(24-11-13-5-7-14(19)8-6-13)15(9-10-16(20)22)21-17(23)25-18(2,3)4;1-6-19-14(18)11-12-8-7-9-13(10-12)17-20-15(2,3)16(4,5)21-17/h7-13,16,19,24H,6,14-15,17-18H2,1-5H3,(H2,29,31)(H,30,33);5-8,12,15H,9-11H2,1-4H3,(H2,20,22)(H,21,23);7-10H,6,11H2,1-5H3/t19-,24+;12-,15+;/m11./s1. The summed E-state index contributed by atoms with van der Waals surface area (Å²) in [6, 6.07) is 30.4. The minimum atomic E-state index is -0.636. The van der Waals surface area contributed by atoms with Crippen LogP contribution in [0, 0.1) is 0 Å². The molecule has 5 rings (SSSR count). The summed E-state index contributed by atoms with van der Waals surface area (Å²) >= 11 is 3.39. The van der Waals surface area contributed by atoms with E-state index in [-0.39, 0.29) is 67.1 Å². The van der Waals surface area contributed by atoms with Crippen molar-refractivity contribution in [1.29, 1.82) is 0 Å². The number of primary amides is 2. The van der Waals surface area contributed by atoms with E-state index in [4.69, 9.17) is 49.2 Å². The van der Waals surface area contributed by atoms with E-state index in [0.717, 1.165) is 43.3 Å². The van der Waals surface area contributed by atoms with Gasteiger partial charge < -0.3 is 59.8 Å². The van der Waals surface area contributed by atoms with Crippen molar-refractivity contribution in [1.82, 2.24) is 10.6 Å². The van der Waals surface area contributed by atoms with Crippen LogP contribution in [-0.4, -0.2) is 103 Å². The second kappa shape index (κ2) is 33.1. The van der Waals surface area contributed by atoms with E-state index < -0.39 is 48.4 Å². The molecular weight excluding hydrogens is 1120 g/mol. The molecule has 6 N–H and O–H groups in total. The fourth-order valence-corrected chi connectivity index (χ4v) is 8.13. The summed E-state index contributed by atoms with van der Waals surface area (Å²) in [6.45, 7) is 27.6. The van der Waals surface area contributed by atoms with E-state index in [1.54, 1.807) is 55.4 Å². The molecule has 18 nitrogen and oxygen atoms in total. The van der Waals surface area contributed by atoms with Crippen molar-refractivity contribution in [2.24, 2.45) is 11.5 Å². The van der Waals surface area contributed by atoms with Crippen LogP contribution in [0.2, 0.25) is 0 Å². The zero-order valence-electron chi connectivity index (χ0n) is 50.4. The summed E-state index contributed by atoms with van der Waals surface area (Å²) in [7, 11) is -0.405. The molecule has 0 saturated carbocycles. The highest BCUT2D eigenvalue weighted by atomic mass is 79.9. The highest BCUT2D eigenvalue weighted by molar-refractivity contribution is 9.10. The van der Waals surface area contributed by atoms with E-state index in [1.165, 1.54) is 0 Å². The monoisotopic (exact) mass is 1200 g/mol. The minimum Gasteiger partial charge on any atom is -0.466 e. The van der Waals surface area contributed by atoms with Gasteiger partial charge in [-0.15, -0.1) is 0 Å². The third-order valence-corrected chi connectivity index (χ3v) is 13.4. The molecule has 0 bridgehead atoms. The molecule has 1 aliphatic heterocycles. The van der Waals surface area contributed by atoms with Crippen molar-refractivity contribution in [3.8, 4) is 11.1 Å². The summed E-state index contributed by atoms with van der Waals surface area (Å²) in [5, 5.41) is 5.57. The predicted molar refractivity (Wildman–Crippen MR) is 321 cm³/mol. The van der Waals surface area contributed by atoms with Gasteiger partial charge in [0, 0.05) is 17.3 Å². The maximum absolute atomic E-state index is 12.2. The van der Waals surface area contributed by atoms with Crippen molar-refractivity contribution in [2.75, 3.05) is 13.2 Å². The molecule has 1 fully saturated rings. The maximum Gasteiger partial charge on any atom is 0.494 e. The summed E-state index contributed by atoms with van der Waals surface area (Å²) < 4.78 is 45.5. The maximum atomic E-state index is 12.2. The number of nitrogens with two attached hydrogens (primary N) is 2. The molecule has 1 aliphatic rings. The lowest BCUT2D eigenvalue weighted by molar-refractivity contribution is -0.143. The molecule has 1 saturated heterocycles. The fourth-order valence-electron chi connectivity index (χ4n) is 7.87. The Labute approximate surface area is 494 Å². The number of hydrogen-bond acceptors (Lipinski definition) is 14. The van der Waals surface area contributed by atoms with Crippen molar-refractivity contribution in [3.63, 3.8) is 0 Å². The molecule has 450 valence electrons. The second-order valence-electron chi connectivity index (χ2n) is 22.9. The molecule has 0 aromatic heterocycles. The first-order valence-electron chi connectivity index (χ1n) is 27.8. The third-order valence-electron chi connectivity index (χ3n) is 12.9. The van der Waals surface area contributed by atoms with Gasteiger partial charge in [-0.1, -0.05) is 101 Å². The molecule has 4 amide bonds. The van der Waals surface area contributed by atoms with Crippen LogP contribution in [0.5, 0.6) is 0 Å². The second-order valence-corrected chi connectivity index (χ2v) is 23.8. The van der Waals surface area contributed by atoms with Gasteiger partial charge in [-0.05, 0) is 161 Å². The first-order chi connectivity index (χ1) is 38.3. The molecule has 1 heterocycles. The summed E-state index contributed by atoms with van der Waals surface area (Å²) in [5.41, 5.74) is 15.3. The Morgan fingerprint density at radius 2 is 0.976 bits per heavy atom. The zero-order valence-corrected chi connectivity index (χ0v) is 52.0. The number of ether oxygens (including phenoxy) is 6. The molecule has 82 heavy (non-hydrogen) atoms. The quantitative estimate of drug-likeness (QED) is 0.0289. The number of esters is 2. The number of hydrogen-bond donors (Lipinski definition) is 4. The Morgan fingerprint density at radius 1 is 0.573 bits per heavy atom. The van der Waals surface area contributed by atoms with E-state index in [1.807, 2.05) is 139 Å². The molecule has 0 radical (unpaired) electrons. The van der Waals surface area contributed by atoms with Crippen molar-refractivity contribution >= 4 is 64.5 Å². The molecule has 4 atom stereocenters. The van der Waals surface area contributed by atoms with Crippen molar-refractivity contribution in [2.45, 2.75) is 195 Å². The molecular formula is C62H88BBrN4O14.